The molecule has 4 nitrogen and oxygen atoms in total. The van der Waals surface area contributed by atoms with Crippen LogP contribution in [0.5, 0.6) is 0 Å². The van der Waals surface area contributed by atoms with Crippen LogP contribution in [0.4, 0.5) is 0 Å². The lowest BCUT2D eigenvalue weighted by molar-refractivity contribution is -0.133. The molecule has 1 heterocycles. The topological polar surface area (TPSA) is 61.4 Å². The average Bonchev–Trinajstić information content (AvgIpc) is 2.62. The lowest BCUT2D eigenvalue weighted by Gasteiger charge is -2.34. The van der Waals surface area contributed by atoms with Crippen LogP contribution in [0, 0.1) is 5.41 Å². The summed E-state index contributed by atoms with van der Waals surface area (Å²) in [5.74, 6) is 0.117. The van der Waals surface area contributed by atoms with Gasteiger partial charge in [0.05, 0.1) is 5.60 Å². The van der Waals surface area contributed by atoms with Gasteiger partial charge in [0.2, 0.25) is 5.91 Å². The smallest absolute Gasteiger partial charge is 0.226 e. The monoisotopic (exact) mass is 268 g/mol. The summed E-state index contributed by atoms with van der Waals surface area (Å²) in [5.41, 5.74) is -0.929. The molecule has 1 saturated carbocycles. The zero-order valence-electron chi connectivity index (χ0n) is 12.1. The second-order valence-corrected chi connectivity index (χ2v) is 6.63. The van der Waals surface area contributed by atoms with Gasteiger partial charge >= 0.3 is 0 Å². The number of hydrogen-bond donors (Lipinski definition) is 3. The molecule has 0 spiro atoms. The van der Waals surface area contributed by atoms with Crippen LogP contribution in [0.2, 0.25) is 0 Å². The number of carbonyl (C=O) groups excluding carboxylic acids is 1. The fourth-order valence-corrected chi connectivity index (χ4v) is 3.23. The van der Waals surface area contributed by atoms with Gasteiger partial charge in [-0.25, -0.2) is 0 Å². The van der Waals surface area contributed by atoms with Crippen LogP contribution >= 0.6 is 0 Å². The Labute approximate surface area is 116 Å². The number of rotatable bonds is 3. The van der Waals surface area contributed by atoms with Crippen molar-refractivity contribution in [2.24, 2.45) is 5.41 Å². The quantitative estimate of drug-likeness (QED) is 0.681. The van der Waals surface area contributed by atoms with E-state index in [1.54, 1.807) is 0 Å². The lowest BCUT2D eigenvalue weighted by atomic mass is 9.80. The van der Waals surface area contributed by atoms with E-state index in [1.165, 1.54) is 12.8 Å². The molecular formula is C15H28N2O2. The van der Waals surface area contributed by atoms with E-state index in [1.807, 2.05) is 6.92 Å². The van der Waals surface area contributed by atoms with Gasteiger partial charge in [-0.1, -0.05) is 32.6 Å². The Morgan fingerprint density at radius 2 is 1.68 bits per heavy atom. The molecule has 2 aliphatic rings. The molecule has 2 fully saturated rings. The number of aliphatic hydroxyl groups is 1. The first-order valence-electron chi connectivity index (χ1n) is 7.76. The van der Waals surface area contributed by atoms with Crippen LogP contribution < -0.4 is 10.6 Å². The first kappa shape index (κ1) is 14.8. The van der Waals surface area contributed by atoms with Gasteiger partial charge in [0.15, 0.2) is 0 Å². The Morgan fingerprint density at radius 3 is 2.26 bits per heavy atom. The Balaban J connectivity index is 1.84. The van der Waals surface area contributed by atoms with Gasteiger partial charge in [0.25, 0.3) is 0 Å². The van der Waals surface area contributed by atoms with Gasteiger partial charge in [0, 0.05) is 12.0 Å². The Hall–Kier alpha value is -0.610. The third-order valence-electron chi connectivity index (χ3n) is 4.87. The maximum absolute atomic E-state index is 12.3. The van der Waals surface area contributed by atoms with Crippen molar-refractivity contribution in [2.75, 3.05) is 19.6 Å². The highest BCUT2D eigenvalue weighted by molar-refractivity contribution is 5.82. The molecule has 2 rings (SSSR count). The van der Waals surface area contributed by atoms with Crippen molar-refractivity contribution in [3.8, 4) is 0 Å². The van der Waals surface area contributed by atoms with Gasteiger partial charge in [-0.05, 0) is 38.8 Å². The van der Waals surface area contributed by atoms with E-state index in [-0.39, 0.29) is 11.3 Å². The summed E-state index contributed by atoms with van der Waals surface area (Å²) in [6.07, 6.45) is 7.99. The molecule has 19 heavy (non-hydrogen) atoms. The highest BCUT2D eigenvalue weighted by Gasteiger charge is 2.36. The Kier molecular flexibility index (Phi) is 4.85. The third-order valence-corrected chi connectivity index (χ3v) is 4.87. The van der Waals surface area contributed by atoms with Crippen LogP contribution in [-0.2, 0) is 4.79 Å². The minimum absolute atomic E-state index is 0.117. The third kappa shape index (κ3) is 3.93. The average molecular weight is 268 g/mol. The summed E-state index contributed by atoms with van der Waals surface area (Å²) in [4.78, 5) is 12.3. The fourth-order valence-electron chi connectivity index (χ4n) is 3.23. The van der Waals surface area contributed by atoms with Crippen LogP contribution in [0.25, 0.3) is 0 Å². The van der Waals surface area contributed by atoms with Crippen LogP contribution in [-0.4, -0.2) is 36.2 Å². The summed E-state index contributed by atoms with van der Waals surface area (Å²) in [5, 5.41) is 16.9. The molecule has 4 heteroatoms. The summed E-state index contributed by atoms with van der Waals surface area (Å²) in [6, 6.07) is 0. The van der Waals surface area contributed by atoms with Crippen LogP contribution in [0.3, 0.4) is 0 Å². The van der Waals surface area contributed by atoms with Crippen LogP contribution in [0.1, 0.15) is 58.3 Å². The van der Waals surface area contributed by atoms with Crippen molar-refractivity contribution in [3.63, 3.8) is 0 Å². The SMILES string of the molecule is CC1(C(=O)NCC2(O)CCCCCC2)CCNCC1. The van der Waals surface area contributed by atoms with E-state index in [0.717, 1.165) is 51.6 Å². The number of nitrogens with one attached hydrogen (secondary N) is 2. The summed E-state index contributed by atoms with van der Waals surface area (Å²) < 4.78 is 0. The van der Waals surface area contributed by atoms with Crippen molar-refractivity contribution in [1.82, 2.24) is 10.6 Å². The summed E-state index contributed by atoms with van der Waals surface area (Å²) in [7, 11) is 0. The normalized spacial score (nSPS) is 26.4. The molecule has 0 bridgehead atoms. The van der Waals surface area contributed by atoms with Crippen molar-refractivity contribution >= 4 is 5.91 Å². The number of hydrogen-bond acceptors (Lipinski definition) is 3. The molecular weight excluding hydrogens is 240 g/mol. The maximum Gasteiger partial charge on any atom is 0.226 e. The maximum atomic E-state index is 12.3. The highest BCUT2D eigenvalue weighted by atomic mass is 16.3. The molecule has 1 aliphatic heterocycles. The Morgan fingerprint density at radius 1 is 1.11 bits per heavy atom. The minimum atomic E-state index is -0.671. The van der Waals surface area contributed by atoms with E-state index < -0.39 is 5.60 Å². The number of piperidine rings is 1. The zero-order chi connectivity index (χ0) is 13.8. The zero-order valence-corrected chi connectivity index (χ0v) is 12.1. The summed E-state index contributed by atoms with van der Waals surface area (Å²) in [6.45, 7) is 4.29. The molecule has 1 amide bonds. The predicted molar refractivity (Wildman–Crippen MR) is 75.9 cm³/mol. The first-order valence-corrected chi connectivity index (χ1v) is 7.76. The van der Waals surface area contributed by atoms with Gasteiger partial charge in [-0.15, -0.1) is 0 Å². The molecule has 110 valence electrons. The van der Waals surface area contributed by atoms with Crippen molar-refractivity contribution in [1.29, 1.82) is 0 Å². The van der Waals surface area contributed by atoms with Crippen molar-refractivity contribution < 1.29 is 9.90 Å². The van der Waals surface area contributed by atoms with Gasteiger partial charge in [-0.3, -0.25) is 4.79 Å². The fraction of sp³-hybridized carbons (Fsp3) is 0.933. The molecule has 1 saturated heterocycles. The molecule has 0 aromatic rings. The van der Waals surface area contributed by atoms with E-state index >= 15 is 0 Å². The van der Waals surface area contributed by atoms with E-state index in [4.69, 9.17) is 0 Å². The van der Waals surface area contributed by atoms with Gasteiger partial charge < -0.3 is 15.7 Å². The molecule has 0 radical (unpaired) electrons. The molecule has 0 aromatic heterocycles. The number of amides is 1. The largest absolute Gasteiger partial charge is 0.388 e. The lowest BCUT2D eigenvalue weighted by Crippen LogP contribution is -2.50. The standard InChI is InChI=1S/C15H28N2O2/c1-14(8-10-16-11-9-14)13(18)17-12-15(19)6-4-2-3-5-7-15/h16,19H,2-12H2,1H3,(H,17,18). The second kappa shape index (κ2) is 6.23. The first-order chi connectivity index (χ1) is 9.04. The number of carbonyl (C=O) groups is 1. The minimum Gasteiger partial charge on any atom is -0.388 e. The molecule has 1 aliphatic carbocycles. The van der Waals surface area contributed by atoms with Crippen LogP contribution in [0.15, 0.2) is 0 Å². The highest BCUT2D eigenvalue weighted by Crippen LogP contribution is 2.29. The molecule has 0 aromatic carbocycles. The molecule has 0 atom stereocenters. The van der Waals surface area contributed by atoms with E-state index in [2.05, 4.69) is 10.6 Å². The molecule has 3 N–H and O–H groups in total. The molecule has 0 unspecified atom stereocenters. The van der Waals surface area contributed by atoms with Gasteiger partial charge in [0.1, 0.15) is 0 Å². The van der Waals surface area contributed by atoms with E-state index in [0.29, 0.717) is 6.54 Å². The second-order valence-electron chi connectivity index (χ2n) is 6.63. The van der Waals surface area contributed by atoms with Crippen molar-refractivity contribution in [3.05, 3.63) is 0 Å². The predicted octanol–water partition coefficient (Wildman–Crippen LogP) is 1.58. The van der Waals surface area contributed by atoms with Gasteiger partial charge in [-0.2, -0.15) is 0 Å². The Bertz CT molecular complexity index is 303. The van der Waals surface area contributed by atoms with E-state index in [9.17, 15) is 9.90 Å². The summed E-state index contributed by atoms with van der Waals surface area (Å²) >= 11 is 0. The van der Waals surface area contributed by atoms with Crippen molar-refractivity contribution in [2.45, 2.75) is 63.9 Å².